The minimum atomic E-state index is -0.737. The van der Waals surface area contributed by atoms with Crippen LogP contribution in [0.2, 0.25) is 0 Å². The first-order valence-corrected chi connectivity index (χ1v) is 10.7. The number of nitrogens with one attached hydrogen (secondary N) is 1. The van der Waals surface area contributed by atoms with Crippen LogP contribution in [0.5, 0.6) is 0 Å². The third-order valence-electron chi connectivity index (χ3n) is 6.56. The molecule has 152 valence electrons. The Balaban J connectivity index is 1.38. The van der Waals surface area contributed by atoms with Crippen molar-refractivity contribution in [3.63, 3.8) is 0 Å². The molecule has 3 N–H and O–H groups in total. The Morgan fingerprint density at radius 2 is 2.21 bits per heavy atom. The summed E-state index contributed by atoms with van der Waals surface area (Å²) in [6.07, 6.45) is 21.3. The normalized spacial score (nSPS) is 34.7. The van der Waals surface area contributed by atoms with Gasteiger partial charge >= 0.3 is 5.97 Å². The number of aliphatic carboxylic acids is 1. The number of allylic oxidation sites excluding steroid dienone is 3. The molecule has 0 bridgehead atoms. The monoisotopic (exact) mass is 385 g/mol. The fourth-order valence-corrected chi connectivity index (χ4v) is 4.85. The van der Waals surface area contributed by atoms with E-state index in [2.05, 4.69) is 35.7 Å². The summed E-state index contributed by atoms with van der Waals surface area (Å²) in [5.41, 5.74) is 0.702. The lowest BCUT2D eigenvalue weighted by Gasteiger charge is -2.19. The lowest BCUT2D eigenvalue weighted by atomic mass is 9.84. The SMILES string of the molecule is O=C(O)CCCC=CCC1NC1(C=CC(O)C1=CCCCC1)C12CCC=C1O2. The number of fused-ring (bicyclic) bond motifs is 1. The van der Waals surface area contributed by atoms with E-state index < -0.39 is 12.1 Å². The predicted molar refractivity (Wildman–Crippen MR) is 108 cm³/mol. The lowest BCUT2D eigenvalue weighted by Crippen LogP contribution is -2.35. The number of carboxylic acid groups (broad SMARTS) is 1. The van der Waals surface area contributed by atoms with E-state index in [0.29, 0.717) is 6.42 Å². The molecule has 4 rings (SSSR count). The number of aliphatic hydroxyl groups excluding tert-OH is 1. The first-order valence-electron chi connectivity index (χ1n) is 10.7. The van der Waals surface area contributed by atoms with Crippen LogP contribution in [-0.4, -0.2) is 39.5 Å². The second-order valence-electron chi connectivity index (χ2n) is 8.42. The van der Waals surface area contributed by atoms with Crippen LogP contribution >= 0.6 is 0 Å². The Morgan fingerprint density at radius 3 is 2.89 bits per heavy atom. The number of ether oxygens (including phenoxy) is 1. The largest absolute Gasteiger partial charge is 0.481 e. The highest BCUT2D eigenvalue weighted by Crippen LogP contribution is 2.62. The Kier molecular flexibility index (Phi) is 5.48. The zero-order valence-corrected chi connectivity index (χ0v) is 16.4. The molecular weight excluding hydrogens is 354 g/mol. The van der Waals surface area contributed by atoms with Crippen LogP contribution < -0.4 is 5.32 Å². The molecule has 2 saturated heterocycles. The van der Waals surface area contributed by atoms with Gasteiger partial charge in [-0.1, -0.05) is 30.4 Å². The molecule has 0 aromatic heterocycles. The van der Waals surface area contributed by atoms with Crippen LogP contribution in [0.3, 0.4) is 0 Å². The van der Waals surface area contributed by atoms with Crippen molar-refractivity contribution in [3.05, 3.63) is 47.8 Å². The van der Waals surface area contributed by atoms with E-state index in [1.54, 1.807) is 0 Å². The number of hydrogen-bond acceptors (Lipinski definition) is 4. The van der Waals surface area contributed by atoms with E-state index in [0.717, 1.165) is 56.3 Å². The van der Waals surface area contributed by atoms with E-state index in [1.807, 2.05) is 6.08 Å². The first kappa shape index (κ1) is 19.5. The Morgan fingerprint density at radius 1 is 1.32 bits per heavy atom. The minimum Gasteiger partial charge on any atom is -0.481 e. The van der Waals surface area contributed by atoms with Crippen LogP contribution in [0.4, 0.5) is 0 Å². The molecule has 0 amide bonds. The molecule has 0 spiro atoms. The predicted octanol–water partition coefficient (Wildman–Crippen LogP) is 3.76. The van der Waals surface area contributed by atoms with E-state index in [9.17, 15) is 9.90 Å². The molecule has 0 saturated carbocycles. The van der Waals surface area contributed by atoms with E-state index >= 15 is 0 Å². The number of unbranched alkanes of at least 4 members (excludes halogenated alkanes) is 1. The maximum absolute atomic E-state index is 10.6. The summed E-state index contributed by atoms with van der Waals surface area (Å²) in [6.45, 7) is 0. The fourth-order valence-electron chi connectivity index (χ4n) is 4.85. The van der Waals surface area contributed by atoms with E-state index in [-0.39, 0.29) is 23.6 Å². The van der Waals surface area contributed by atoms with Crippen molar-refractivity contribution in [3.8, 4) is 0 Å². The summed E-state index contributed by atoms with van der Waals surface area (Å²) < 4.78 is 6.01. The van der Waals surface area contributed by atoms with Gasteiger partial charge in [-0.15, -0.1) is 0 Å². The molecule has 5 nitrogen and oxygen atoms in total. The van der Waals surface area contributed by atoms with Crippen molar-refractivity contribution < 1.29 is 19.7 Å². The molecule has 2 aliphatic heterocycles. The van der Waals surface area contributed by atoms with Gasteiger partial charge in [0.25, 0.3) is 0 Å². The molecule has 0 radical (unpaired) electrons. The maximum Gasteiger partial charge on any atom is 0.303 e. The Hall–Kier alpha value is -1.85. The van der Waals surface area contributed by atoms with Crippen molar-refractivity contribution in [1.82, 2.24) is 5.32 Å². The Bertz CT molecular complexity index is 737. The summed E-state index contributed by atoms with van der Waals surface area (Å²) in [4.78, 5) is 10.6. The van der Waals surface area contributed by atoms with Gasteiger partial charge in [-0.3, -0.25) is 10.1 Å². The Labute approximate surface area is 166 Å². The number of epoxide rings is 1. The molecule has 0 aromatic rings. The molecule has 5 heteroatoms. The van der Waals surface area contributed by atoms with E-state index in [4.69, 9.17) is 9.84 Å². The fraction of sp³-hybridized carbons (Fsp3) is 0.609. The highest BCUT2D eigenvalue weighted by Gasteiger charge is 2.76. The van der Waals surface area contributed by atoms with Crippen LogP contribution in [0.25, 0.3) is 0 Å². The highest BCUT2D eigenvalue weighted by atomic mass is 16.6. The first-order chi connectivity index (χ1) is 13.6. The van der Waals surface area contributed by atoms with Gasteiger partial charge < -0.3 is 14.9 Å². The van der Waals surface area contributed by atoms with Crippen molar-refractivity contribution in [2.75, 3.05) is 0 Å². The number of carboxylic acids is 1. The van der Waals surface area contributed by atoms with Gasteiger partial charge in [0.2, 0.25) is 0 Å². The average molecular weight is 386 g/mol. The van der Waals surface area contributed by atoms with Crippen LogP contribution in [-0.2, 0) is 9.53 Å². The molecule has 4 aliphatic rings. The van der Waals surface area contributed by atoms with Gasteiger partial charge in [-0.05, 0) is 63.0 Å². The molecular formula is C23H31NO4. The van der Waals surface area contributed by atoms with Crippen molar-refractivity contribution in [2.45, 2.75) is 87.5 Å². The third kappa shape index (κ3) is 3.70. The van der Waals surface area contributed by atoms with Crippen molar-refractivity contribution >= 4 is 5.97 Å². The van der Waals surface area contributed by atoms with Gasteiger partial charge in [0.05, 0.1) is 6.10 Å². The average Bonchev–Trinajstić information content (AvgIpc) is 3.57. The smallest absolute Gasteiger partial charge is 0.303 e. The standard InChI is InChI=1S/C23H31NO4/c25-18(17-9-4-3-5-10-17)14-16-22(23-15-8-12-20(23)28-23)19(24-22)11-6-1-2-7-13-21(26)27/h1,6,9,12,14,16,18-19,24-25H,2-5,7-8,10-11,13,15H2,(H,26,27). The topological polar surface area (TPSA) is 92.0 Å². The third-order valence-corrected chi connectivity index (χ3v) is 6.56. The quantitative estimate of drug-likeness (QED) is 0.302. The zero-order chi connectivity index (χ0) is 19.6. The molecule has 4 unspecified atom stereocenters. The molecule has 0 aromatic carbocycles. The van der Waals surface area contributed by atoms with Crippen molar-refractivity contribution in [2.24, 2.45) is 0 Å². The zero-order valence-electron chi connectivity index (χ0n) is 16.4. The van der Waals surface area contributed by atoms with Crippen LogP contribution in [0.1, 0.15) is 64.2 Å². The molecule has 28 heavy (non-hydrogen) atoms. The minimum absolute atomic E-state index is 0.216. The van der Waals surface area contributed by atoms with Crippen molar-refractivity contribution in [1.29, 1.82) is 0 Å². The number of carbonyl (C=O) groups is 1. The second-order valence-corrected chi connectivity index (χ2v) is 8.42. The van der Waals surface area contributed by atoms with Crippen LogP contribution in [0, 0.1) is 0 Å². The lowest BCUT2D eigenvalue weighted by molar-refractivity contribution is -0.137. The second kappa shape index (κ2) is 7.88. The summed E-state index contributed by atoms with van der Waals surface area (Å²) in [7, 11) is 0. The molecule has 2 fully saturated rings. The molecule has 2 aliphatic carbocycles. The van der Waals surface area contributed by atoms with E-state index in [1.165, 1.54) is 6.42 Å². The van der Waals surface area contributed by atoms with Crippen LogP contribution in [0.15, 0.2) is 47.8 Å². The summed E-state index contributed by atoms with van der Waals surface area (Å²) in [5.74, 6) is 0.363. The van der Waals surface area contributed by atoms with Gasteiger partial charge in [0, 0.05) is 18.9 Å². The maximum atomic E-state index is 10.6. The number of hydrogen-bond donors (Lipinski definition) is 3. The highest BCUT2D eigenvalue weighted by molar-refractivity contribution is 5.66. The van der Waals surface area contributed by atoms with Gasteiger partial charge in [-0.2, -0.15) is 0 Å². The van der Waals surface area contributed by atoms with Gasteiger partial charge in [-0.25, -0.2) is 0 Å². The molecule has 4 atom stereocenters. The summed E-state index contributed by atoms with van der Waals surface area (Å²) >= 11 is 0. The summed E-state index contributed by atoms with van der Waals surface area (Å²) in [6, 6.07) is 0.288. The van der Waals surface area contributed by atoms with Gasteiger partial charge in [0.15, 0.2) is 5.60 Å². The number of aliphatic hydroxyl groups is 1. The summed E-state index contributed by atoms with van der Waals surface area (Å²) in [5, 5.41) is 23.0. The number of rotatable bonds is 10. The van der Waals surface area contributed by atoms with Gasteiger partial charge in [0.1, 0.15) is 11.3 Å². The molecule has 2 heterocycles.